The molecule has 0 bridgehead atoms. The van der Waals surface area contributed by atoms with E-state index < -0.39 is 11.1 Å². The molecule has 1 aliphatic rings. The summed E-state index contributed by atoms with van der Waals surface area (Å²) >= 11 is 0. The summed E-state index contributed by atoms with van der Waals surface area (Å²) in [6.07, 6.45) is 2.75. The van der Waals surface area contributed by atoms with Crippen LogP contribution in [-0.2, 0) is 9.53 Å². The first-order valence-electron chi connectivity index (χ1n) is 4.70. The van der Waals surface area contributed by atoms with Gasteiger partial charge in [0.25, 0.3) is 0 Å². The van der Waals surface area contributed by atoms with Crippen LogP contribution < -0.4 is 0 Å². The molecule has 76 valence electrons. The normalized spacial score (nSPS) is 30.1. The van der Waals surface area contributed by atoms with Gasteiger partial charge >= 0.3 is 0 Å². The van der Waals surface area contributed by atoms with E-state index in [2.05, 4.69) is 0 Å². The molecule has 2 nitrogen and oxygen atoms in total. The molecular formula is C10H17FO2. The average Bonchev–Trinajstić information content (AvgIpc) is 2.03. The van der Waals surface area contributed by atoms with Crippen LogP contribution in [-0.4, -0.2) is 25.2 Å². The van der Waals surface area contributed by atoms with Crippen LogP contribution in [0.4, 0.5) is 4.39 Å². The van der Waals surface area contributed by atoms with Gasteiger partial charge in [-0.1, -0.05) is 0 Å². The highest BCUT2D eigenvalue weighted by atomic mass is 19.1. The summed E-state index contributed by atoms with van der Waals surface area (Å²) in [6.45, 7) is 4.09. The van der Waals surface area contributed by atoms with Crippen molar-refractivity contribution in [2.45, 2.75) is 38.8 Å². The number of ether oxygens (including phenoxy) is 1. The van der Waals surface area contributed by atoms with Crippen molar-refractivity contribution < 1.29 is 13.9 Å². The number of carbonyl (C=O) groups excluding carboxylic acids is 1. The van der Waals surface area contributed by atoms with E-state index in [-0.39, 0.29) is 6.42 Å². The van der Waals surface area contributed by atoms with Gasteiger partial charge in [0.2, 0.25) is 0 Å². The van der Waals surface area contributed by atoms with Gasteiger partial charge in [0.05, 0.1) is 12.0 Å². The van der Waals surface area contributed by atoms with E-state index in [1.807, 2.05) is 0 Å². The summed E-state index contributed by atoms with van der Waals surface area (Å²) < 4.78 is 18.6. The molecule has 0 aromatic rings. The minimum Gasteiger partial charge on any atom is -0.380 e. The van der Waals surface area contributed by atoms with Gasteiger partial charge in [-0.15, -0.1) is 0 Å². The lowest BCUT2D eigenvalue weighted by Crippen LogP contribution is -2.38. The van der Waals surface area contributed by atoms with Crippen LogP contribution in [0.25, 0.3) is 0 Å². The second-order valence-corrected chi connectivity index (χ2v) is 4.53. The van der Waals surface area contributed by atoms with E-state index in [4.69, 9.17) is 4.74 Å². The molecule has 1 heterocycles. The fourth-order valence-electron chi connectivity index (χ4n) is 1.99. The van der Waals surface area contributed by atoms with Crippen molar-refractivity contribution in [3.63, 3.8) is 0 Å². The lowest BCUT2D eigenvalue weighted by molar-refractivity contribution is -0.127. The molecule has 1 atom stereocenters. The summed E-state index contributed by atoms with van der Waals surface area (Å²) in [4.78, 5) is 10.9. The molecular weight excluding hydrogens is 171 g/mol. The predicted molar refractivity (Wildman–Crippen MR) is 48.4 cm³/mol. The van der Waals surface area contributed by atoms with Gasteiger partial charge in [0, 0.05) is 6.61 Å². The first-order valence-corrected chi connectivity index (χ1v) is 4.70. The first-order chi connectivity index (χ1) is 5.97. The van der Waals surface area contributed by atoms with E-state index in [1.165, 1.54) is 13.8 Å². The van der Waals surface area contributed by atoms with Gasteiger partial charge in [-0.2, -0.15) is 0 Å². The molecule has 1 aliphatic heterocycles. The summed E-state index contributed by atoms with van der Waals surface area (Å²) in [5.41, 5.74) is -1.86. The van der Waals surface area contributed by atoms with E-state index in [0.29, 0.717) is 13.2 Å². The molecule has 0 radical (unpaired) electrons. The smallest absolute Gasteiger partial charge is 0.128 e. The predicted octanol–water partition coefficient (Wildman–Crippen LogP) is 2.12. The summed E-state index contributed by atoms with van der Waals surface area (Å²) in [5.74, 6) is 0. The van der Waals surface area contributed by atoms with Crippen LogP contribution in [0.3, 0.4) is 0 Å². The van der Waals surface area contributed by atoms with Crippen LogP contribution in [0.1, 0.15) is 33.1 Å². The minimum atomic E-state index is -1.29. The first kappa shape index (κ1) is 10.6. The number of hydrogen-bond acceptors (Lipinski definition) is 2. The number of hydrogen-bond donors (Lipinski definition) is 0. The zero-order valence-electron chi connectivity index (χ0n) is 8.31. The summed E-state index contributed by atoms with van der Waals surface area (Å²) in [7, 11) is 0. The summed E-state index contributed by atoms with van der Waals surface area (Å²) in [5, 5.41) is 0. The minimum absolute atomic E-state index is 0.267. The maximum absolute atomic E-state index is 13.4. The maximum atomic E-state index is 13.4. The Kier molecular flexibility index (Phi) is 3.06. The molecule has 1 fully saturated rings. The van der Waals surface area contributed by atoms with Crippen molar-refractivity contribution in [3.8, 4) is 0 Å². The third kappa shape index (κ3) is 3.07. The van der Waals surface area contributed by atoms with Gasteiger partial charge in [-0.3, -0.25) is 0 Å². The lowest BCUT2D eigenvalue weighted by atomic mass is 9.76. The Bertz CT molecular complexity index is 178. The zero-order chi connectivity index (χ0) is 9.95. The van der Waals surface area contributed by atoms with E-state index in [0.717, 1.165) is 19.1 Å². The number of aldehydes is 1. The molecule has 0 aromatic carbocycles. The molecule has 0 N–H and O–H groups in total. The van der Waals surface area contributed by atoms with Gasteiger partial charge in [-0.05, 0) is 33.1 Å². The van der Waals surface area contributed by atoms with Crippen LogP contribution in [0, 0.1) is 5.41 Å². The molecule has 0 aliphatic carbocycles. The highest BCUT2D eigenvalue weighted by Gasteiger charge is 2.38. The molecule has 1 rings (SSSR count). The van der Waals surface area contributed by atoms with Crippen molar-refractivity contribution in [2.24, 2.45) is 5.41 Å². The largest absolute Gasteiger partial charge is 0.380 e. The molecule has 1 saturated heterocycles. The molecule has 1 unspecified atom stereocenters. The van der Waals surface area contributed by atoms with E-state index in [9.17, 15) is 9.18 Å². The zero-order valence-corrected chi connectivity index (χ0v) is 8.31. The van der Waals surface area contributed by atoms with Gasteiger partial charge in [-0.25, -0.2) is 4.39 Å². The second kappa shape index (κ2) is 3.74. The van der Waals surface area contributed by atoms with Gasteiger partial charge < -0.3 is 9.53 Å². The van der Waals surface area contributed by atoms with E-state index in [1.54, 1.807) is 0 Å². The Morgan fingerprint density at radius 1 is 1.62 bits per heavy atom. The lowest BCUT2D eigenvalue weighted by Gasteiger charge is -2.35. The SMILES string of the molecule is CC(C)(F)CC1(C=O)CCCOC1. The van der Waals surface area contributed by atoms with Gasteiger partial charge in [0.15, 0.2) is 0 Å². The van der Waals surface area contributed by atoms with Crippen molar-refractivity contribution in [1.82, 2.24) is 0 Å². The average molecular weight is 188 g/mol. The van der Waals surface area contributed by atoms with Crippen molar-refractivity contribution in [2.75, 3.05) is 13.2 Å². The van der Waals surface area contributed by atoms with Crippen molar-refractivity contribution >= 4 is 6.29 Å². The van der Waals surface area contributed by atoms with Gasteiger partial charge in [0.1, 0.15) is 12.0 Å². The topological polar surface area (TPSA) is 26.3 Å². The third-order valence-corrected chi connectivity index (χ3v) is 2.38. The fraction of sp³-hybridized carbons (Fsp3) is 0.900. The number of carbonyl (C=O) groups is 1. The fourth-order valence-corrected chi connectivity index (χ4v) is 1.99. The van der Waals surface area contributed by atoms with Crippen molar-refractivity contribution in [3.05, 3.63) is 0 Å². The number of halogens is 1. The number of rotatable bonds is 3. The Balaban J connectivity index is 2.63. The van der Waals surface area contributed by atoms with Crippen LogP contribution in [0.5, 0.6) is 0 Å². The second-order valence-electron chi connectivity index (χ2n) is 4.53. The van der Waals surface area contributed by atoms with Crippen LogP contribution in [0.15, 0.2) is 0 Å². The molecule has 0 saturated carbocycles. The van der Waals surface area contributed by atoms with Crippen LogP contribution >= 0.6 is 0 Å². The standard InChI is InChI=1S/C10H17FO2/c1-9(2,11)6-10(7-12)4-3-5-13-8-10/h7H,3-6,8H2,1-2H3. The summed E-state index contributed by atoms with van der Waals surface area (Å²) in [6, 6.07) is 0. The third-order valence-electron chi connectivity index (χ3n) is 2.38. The molecule has 13 heavy (non-hydrogen) atoms. The van der Waals surface area contributed by atoms with Crippen LogP contribution in [0.2, 0.25) is 0 Å². The molecule has 3 heteroatoms. The molecule has 0 amide bonds. The quantitative estimate of drug-likeness (QED) is 0.634. The number of alkyl halides is 1. The highest BCUT2D eigenvalue weighted by molar-refractivity contribution is 5.60. The Labute approximate surface area is 78.5 Å². The Hall–Kier alpha value is -0.440. The van der Waals surface area contributed by atoms with Crippen molar-refractivity contribution in [1.29, 1.82) is 0 Å². The monoisotopic (exact) mass is 188 g/mol. The maximum Gasteiger partial charge on any atom is 0.128 e. The highest BCUT2D eigenvalue weighted by Crippen LogP contribution is 2.36. The Morgan fingerprint density at radius 2 is 2.31 bits per heavy atom. The molecule has 0 aromatic heterocycles. The van der Waals surface area contributed by atoms with E-state index >= 15 is 0 Å². The molecule has 0 spiro atoms. The Morgan fingerprint density at radius 3 is 2.69 bits per heavy atom.